The molecule has 0 amide bonds. The van der Waals surface area contributed by atoms with Gasteiger partial charge < -0.3 is 14.8 Å². The average molecular weight is 355 g/mol. The van der Waals surface area contributed by atoms with E-state index in [-0.39, 0.29) is 0 Å². The van der Waals surface area contributed by atoms with Gasteiger partial charge in [-0.1, -0.05) is 13.8 Å². The summed E-state index contributed by atoms with van der Waals surface area (Å²) in [6, 6.07) is 6.13. The number of unbranched alkanes of at least 4 members (excludes halogenated alkanes) is 1. The second-order valence-corrected chi connectivity index (χ2v) is 6.10. The summed E-state index contributed by atoms with van der Waals surface area (Å²) in [5.74, 6) is 2.03. The van der Waals surface area contributed by atoms with Crippen LogP contribution in [0.2, 0.25) is 0 Å². The Kier molecular flexibility index (Phi) is 8.17. The zero-order valence-electron chi connectivity index (χ0n) is 12.9. The number of nitriles is 1. The molecule has 5 heteroatoms. The molecule has 4 nitrogen and oxygen atoms in total. The first-order chi connectivity index (χ1) is 10.1. The topological polar surface area (TPSA) is 54.3 Å². The van der Waals surface area contributed by atoms with Crippen LogP contribution in [0, 0.1) is 17.2 Å². The van der Waals surface area contributed by atoms with Gasteiger partial charge in [0.1, 0.15) is 0 Å². The third-order valence-electron chi connectivity index (χ3n) is 2.85. The van der Waals surface area contributed by atoms with Crippen molar-refractivity contribution in [2.75, 3.05) is 20.3 Å². The molecule has 0 atom stereocenters. The minimum atomic E-state index is 0.497. The van der Waals surface area contributed by atoms with Crippen LogP contribution in [-0.2, 0) is 6.54 Å². The SMILES string of the molecule is COc1cc(CNCC(C)C)cc(Br)c1OCCCC#N. The van der Waals surface area contributed by atoms with Crippen LogP contribution in [0.15, 0.2) is 16.6 Å². The van der Waals surface area contributed by atoms with Gasteiger partial charge in [-0.3, -0.25) is 0 Å². The van der Waals surface area contributed by atoms with E-state index < -0.39 is 0 Å². The first-order valence-corrected chi connectivity index (χ1v) is 7.94. The summed E-state index contributed by atoms with van der Waals surface area (Å²) in [4.78, 5) is 0. The van der Waals surface area contributed by atoms with E-state index in [1.165, 1.54) is 0 Å². The minimum absolute atomic E-state index is 0.497. The first-order valence-electron chi connectivity index (χ1n) is 7.15. The predicted octanol–water partition coefficient (Wildman–Crippen LogP) is 3.89. The molecule has 21 heavy (non-hydrogen) atoms. The Bertz CT molecular complexity index is 484. The Morgan fingerprint density at radius 1 is 1.38 bits per heavy atom. The Morgan fingerprint density at radius 2 is 2.14 bits per heavy atom. The Labute approximate surface area is 135 Å². The summed E-state index contributed by atoms with van der Waals surface area (Å²) in [6.07, 6.45) is 1.21. The monoisotopic (exact) mass is 354 g/mol. The van der Waals surface area contributed by atoms with Crippen LogP contribution < -0.4 is 14.8 Å². The third kappa shape index (κ3) is 6.36. The summed E-state index contributed by atoms with van der Waals surface area (Å²) >= 11 is 3.53. The molecule has 0 fully saturated rings. The number of methoxy groups -OCH3 is 1. The molecule has 0 aliphatic carbocycles. The van der Waals surface area contributed by atoms with E-state index in [1.54, 1.807) is 7.11 Å². The van der Waals surface area contributed by atoms with Crippen LogP contribution in [0.25, 0.3) is 0 Å². The summed E-state index contributed by atoms with van der Waals surface area (Å²) < 4.78 is 12.0. The van der Waals surface area contributed by atoms with E-state index in [2.05, 4.69) is 41.2 Å². The lowest BCUT2D eigenvalue weighted by atomic mass is 10.1. The second-order valence-electron chi connectivity index (χ2n) is 5.24. The summed E-state index contributed by atoms with van der Waals surface area (Å²) in [7, 11) is 1.63. The van der Waals surface area contributed by atoms with Crippen molar-refractivity contribution in [1.82, 2.24) is 5.32 Å². The summed E-state index contributed by atoms with van der Waals surface area (Å²) in [5.41, 5.74) is 1.14. The molecule has 1 rings (SSSR count). The molecule has 0 aliphatic rings. The molecule has 1 aromatic carbocycles. The van der Waals surface area contributed by atoms with Gasteiger partial charge in [0.05, 0.1) is 24.3 Å². The van der Waals surface area contributed by atoms with Gasteiger partial charge in [0, 0.05) is 13.0 Å². The van der Waals surface area contributed by atoms with Crippen molar-refractivity contribution < 1.29 is 9.47 Å². The molecule has 0 heterocycles. The number of hydrogen-bond acceptors (Lipinski definition) is 4. The summed E-state index contributed by atoms with van der Waals surface area (Å²) in [6.45, 7) is 6.64. The lowest BCUT2D eigenvalue weighted by Gasteiger charge is -2.15. The van der Waals surface area contributed by atoms with Gasteiger partial charge in [0.15, 0.2) is 11.5 Å². The fourth-order valence-corrected chi connectivity index (χ4v) is 2.45. The second kappa shape index (κ2) is 9.64. The van der Waals surface area contributed by atoms with E-state index in [0.29, 0.717) is 36.9 Å². The molecule has 0 spiro atoms. The van der Waals surface area contributed by atoms with Crippen molar-refractivity contribution >= 4 is 15.9 Å². The minimum Gasteiger partial charge on any atom is -0.493 e. The Morgan fingerprint density at radius 3 is 2.76 bits per heavy atom. The maximum atomic E-state index is 8.53. The highest BCUT2D eigenvalue weighted by atomic mass is 79.9. The molecular weight excluding hydrogens is 332 g/mol. The van der Waals surface area contributed by atoms with E-state index in [1.807, 2.05) is 12.1 Å². The largest absolute Gasteiger partial charge is 0.493 e. The zero-order valence-corrected chi connectivity index (χ0v) is 14.5. The average Bonchev–Trinajstić information content (AvgIpc) is 2.44. The van der Waals surface area contributed by atoms with Gasteiger partial charge in [0.2, 0.25) is 0 Å². The van der Waals surface area contributed by atoms with Gasteiger partial charge >= 0.3 is 0 Å². The summed E-state index contributed by atoms with van der Waals surface area (Å²) in [5, 5.41) is 11.9. The Balaban J connectivity index is 2.70. The number of ether oxygens (including phenoxy) is 2. The number of halogens is 1. The number of nitrogens with zero attached hydrogens (tertiary/aromatic N) is 1. The van der Waals surface area contributed by atoms with Crippen LogP contribution in [0.3, 0.4) is 0 Å². The third-order valence-corrected chi connectivity index (χ3v) is 3.44. The van der Waals surface area contributed by atoms with Crippen molar-refractivity contribution in [3.63, 3.8) is 0 Å². The van der Waals surface area contributed by atoms with Crippen molar-refractivity contribution in [3.8, 4) is 17.6 Å². The molecule has 0 saturated heterocycles. The van der Waals surface area contributed by atoms with Gasteiger partial charge in [-0.05, 0) is 52.5 Å². The fraction of sp³-hybridized carbons (Fsp3) is 0.562. The molecular formula is C16H23BrN2O2. The molecule has 0 aliphatic heterocycles. The maximum absolute atomic E-state index is 8.53. The van der Waals surface area contributed by atoms with Crippen molar-refractivity contribution in [2.24, 2.45) is 5.92 Å². The van der Waals surface area contributed by atoms with Crippen molar-refractivity contribution in [2.45, 2.75) is 33.2 Å². The predicted molar refractivity (Wildman–Crippen MR) is 87.6 cm³/mol. The molecule has 1 aromatic rings. The quantitative estimate of drug-likeness (QED) is 0.683. The van der Waals surface area contributed by atoms with Crippen LogP contribution in [-0.4, -0.2) is 20.3 Å². The smallest absolute Gasteiger partial charge is 0.175 e. The number of rotatable bonds is 9. The lowest BCUT2D eigenvalue weighted by molar-refractivity contribution is 0.288. The highest BCUT2D eigenvalue weighted by Gasteiger charge is 2.11. The van der Waals surface area contributed by atoms with E-state index in [0.717, 1.165) is 23.1 Å². The fourth-order valence-electron chi connectivity index (χ4n) is 1.85. The van der Waals surface area contributed by atoms with Crippen LogP contribution in [0.5, 0.6) is 11.5 Å². The number of hydrogen-bond donors (Lipinski definition) is 1. The van der Waals surface area contributed by atoms with Gasteiger partial charge in [-0.2, -0.15) is 5.26 Å². The number of nitrogens with one attached hydrogen (secondary N) is 1. The highest BCUT2D eigenvalue weighted by Crippen LogP contribution is 2.36. The van der Waals surface area contributed by atoms with Crippen LogP contribution >= 0.6 is 15.9 Å². The molecule has 0 radical (unpaired) electrons. The maximum Gasteiger partial charge on any atom is 0.175 e. The van der Waals surface area contributed by atoms with Crippen LogP contribution in [0.1, 0.15) is 32.3 Å². The molecule has 116 valence electrons. The van der Waals surface area contributed by atoms with Gasteiger partial charge in [0.25, 0.3) is 0 Å². The molecule has 0 aromatic heterocycles. The van der Waals surface area contributed by atoms with Crippen molar-refractivity contribution in [3.05, 3.63) is 22.2 Å². The molecule has 0 bridgehead atoms. The highest BCUT2D eigenvalue weighted by molar-refractivity contribution is 9.10. The first kappa shape index (κ1) is 17.8. The van der Waals surface area contributed by atoms with Crippen molar-refractivity contribution in [1.29, 1.82) is 5.26 Å². The lowest BCUT2D eigenvalue weighted by Crippen LogP contribution is -2.19. The van der Waals surface area contributed by atoms with Gasteiger partial charge in [-0.15, -0.1) is 0 Å². The molecule has 1 N–H and O–H groups in total. The van der Waals surface area contributed by atoms with Gasteiger partial charge in [-0.25, -0.2) is 0 Å². The van der Waals surface area contributed by atoms with Crippen LogP contribution in [0.4, 0.5) is 0 Å². The number of benzene rings is 1. The molecule has 0 saturated carbocycles. The Hall–Kier alpha value is -1.25. The van der Waals surface area contributed by atoms with E-state index in [9.17, 15) is 0 Å². The van der Waals surface area contributed by atoms with E-state index in [4.69, 9.17) is 14.7 Å². The van der Waals surface area contributed by atoms with E-state index >= 15 is 0 Å². The zero-order chi connectivity index (χ0) is 15.7. The normalized spacial score (nSPS) is 10.5. The standard InChI is InChI=1S/C16H23BrN2O2/c1-12(2)10-19-11-13-8-14(17)16(15(9-13)20-3)21-7-5-4-6-18/h8-9,12,19H,4-5,7,10-11H2,1-3H3. The molecule has 0 unspecified atom stereocenters.